The molecular weight excluding hydrogens is 681 g/mol. The van der Waals surface area contributed by atoms with E-state index in [0.717, 1.165) is 18.4 Å². The molecule has 0 radical (unpaired) electrons. The number of amides is 1. The van der Waals surface area contributed by atoms with Crippen LogP contribution in [0, 0.1) is 0 Å². The number of carbonyl (C=O) groups excluding carboxylic acids is 1. The van der Waals surface area contributed by atoms with Gasteiger partial charge in [-0.3, -0.25) is 4.79 Å². The van der Waals surface area contributed by atoms with Gasteiger partial charge in [0.05, 0.1) is 37.6 Å². The Bertz CT molecular complexity index is 1600. The third-order valence-electron chi connectivity index (χ3n) is 8.42. The van der Waals surface area contributed by atoms with E-state index < -0.39 is 17.4 Å². The van der Waals surface area contributed by atoms with Crippen molar-refractivity contribution in [2.45, 2.75) is 51.4 Å². The summed E-state index contributed by atoms with van der Waals surface area (Å²) in [5.41, 5.74) is 0.803. The molecule has 4 rings (SSSR count). The topological polar surface area (TPSA) is 114 Å². The number of benzene rings is 4. The van der Waals surface area contributed by atoms with E-state index in [1.165, 1.54) is 60.6 Å². The van der Waals surface area contributed by atoms with Crippen LogP contribution in [0.5, 0.6) is 17.2 Å². The van der Waals surface area contributed by atoms with E-state index in [0.29, 0.717) is 30.0 Å². The van der Waals surface area contributed by atoms with Crippen molar-refractivity contribution in [1.82, 2.24) is 5.32 Å². The molecule has 0 atom stereocenters. The third kappa shape index (κ3) is 13.8. The second-order valence-electron chi connectivity index (χ2n) is 12.2. The van der Waals surface area contributed by atoms with E-state index in [1.807, 2.05) is 12.1 Å². The number of rotatable bonds is 19. The molecule has 4 aromatic rings. The molecule has 0 bridgehead atoms. The smallest absolute Gasteiger partial charge is 0.243 e. The second kappa shape index (κ2) is 21.9. The molecule has 1 amide bonds. The number of hydrogen-bond acceptors (Lipinski definition) is 7. The highest BCUT2D eigenvalue weighted by atomic mass is 32.2. The summed E-state index contributed by atoms with van der Waals surface area (Å²) in [6.07, 6.45) is 14.7. The maximum atomic E-state index is 12.3. The van der Waals surface area contributed by atoms with Gasteiger partial charge in [0.15, 0.2) is 11.5 Å². The van der Waals surface area contributed by atoms with Crippen LogP contribution in [0.4, 0.5) is 0 Å². The molecule has 0 spiro atoms. The van der Waals surface area contributed by atoms with Gasteiger partial charge >= 0.3 is 0 Å². The van der Waals surface area contributed by atoms with Gasteiger partial charge in [0.2, 0.25) is 11.7 Å². The number of hydrogen-bond donors (Lipinski definition) is 1. The first-order valence-electron chi connectivity index (χ1n) is 17.3. The van der Waals surface area contributed by atoms with Crippen molar-refractivity contribution in [2.75, 3.05) is 40.3 Å². The van der Waals surface area contributed by atoms with Crippen molar-refractivity contribution in [1.29, 1.82) is 0 Å². The average molecular weight is 734 g/mol. The fraction of sp³-hybridized carbons (Fsp3) is 0.341. The van der Waals surface area contributed by atoms with Crippen LogP contribution in [0.25, 0.3) is 6.08 Å². The van der Waals surface area contributed by atoms with E-state index in [1.54, 1.807) is 33.5 Å². The molecule has 0 saturated carbocycles. The van der Waals surface area contributed by atoms with Gasteiger partial charge in [-0.1, -0.05) is 86.7 Å². The molecule has 0 aliphatic carbocycles. The molecule has 8 nitrogen and oxygen atoms in total. The summed E-state index contributed by atoms with van der Waals surface area (Å²) >= 11 is 0. The Morgan fingerprint density at radius 2 is 1.06 bits per heavy atom. The first-order valence-corrected chi connectivity index (χ1v) is 21.1. The minimum atomic E-state index is -3.92. The van der Waals surface area contributed by atoms with Crippen LogP contribution in [0.1, 0.15) is 56.9 Å². The van der Waals surface area contributed by atoms with E-state index in [4.69, 9.17) is 27.2 Å². The Morgan fingerprint density at radius 1 is 0.667 bits per heavy atom. The van der Waals surface area contributed by atoms with Crippen LogP contribution in [0.3, 0.4) is 0 Å². The van der Waals surface area contributed by atoms with Crippen LogP contribution in [-0.4, -0.2) is 59.2 Å². The summed E-state index contributed by atoms with van der Waals surface area (Å²) < 4.78 is 43.4. The summed E-state index contributed by atoms with van der Waals surface area (Å²) in [4.78, 5) is 12.3. The number of ether oxygens (including phenoxy) is 3. The highest BCUT2D eigenvalue weighted by Crippen LogP contribution is 2.56. The van der Waals surface area contributed by atoms with Crippen LogP contribution in [-0.2, 0) is 14.9 Å². The lowest BCUT2D eigenvalue weighted by molar-refractivity contribution is -0.116. The van der Waals surface area contributed by atoms with Gasteiger partial charge in [0.1, 0.15) is 23.2 Å². The number of unbranched alkanes of at least 4 members (excludes halogenated alkanes) is 7. The predicted octanol–water partition coefficient (Wildman–Crippen LogP) is 7.12. The van der Waals surface area contributed by atoms with Crippen molar-refractivity contribution in [2.24, 2.45) is 0 Å². The van der Waals surface area contributed by atoms with Crippen LogP contribution >= 0.6 is 7.26 Å². The average Bonchev–Trinajstić information content (AvgIpc) is 3.14. The largest absolute Gasteiger partial charge is 0.748 e. The standard InChI is InChI=1S/C40H48NO4P.CH4O3S/c1-43-37-31-33(32-38(44-2)40(37)45-3)27-28-39(42)41-29-19-8-6-4-5-7-9-20-30-46(34-21-13-10-14-22-34,35-23-15-11-16-24-35)36-25-17-12-18-26-36;1-5(2,3)4/h10-18,21-28,31-32H,4-9,19-20,29-30H2,1-3H3;1H3,(H,2,3,4). The lowest BCUT2D eigenvalue weighted by Gasteiger charge is -2.27. The number of nitrogens with one attached hydrogen (secondary N) is 1. The first-order chi connectivity index (χ1) is 24.6. The van der Waals surface area contributed by atoms with Gasteiger partial charge in [0, 0.05) is 18.9 Å². The van der Waals surface area contributed by atoms with E-state index >= 15 is 0 Å². The third-order valence-corrected chi connectivity index (χ3v) is 13.0. The highest BCUT2D eigenvalue weighted by Gasteiger charge is 2.44. The summed E-state index contributed by atoms with van der Waals surface area (Å²) in [5.74, 6) is 1.55. The highest BCUT2D eigenvalue weighted by molar-refractivity contribution is 7.95. The Labute approximate surface area is 305 Å². The monoisotopic (exact) mass is 733 g/mol. The van der Waals surface area contributed by atoms with Crippen molar-refractivity contribution in [3.05, 3.63) is 115 Å². The second-order valence-corrected chi connectivity index (χ2v) is 17.2. The van der Waals surface area contributed by atoms with Gasteiger partial charge in [0.25, 0.3) is 0 Å². The van der Waals surface area contributed by atoms with Gasteiger partial charge in [-0.25, -0.2) is 8.42 Å². The molecule has 0 saturated heterocycles. The molecular formula is C41H52NO7PS. The summed E-state index contributed by atoms with van der Waals surface area (Å²) in [5, 5.41) is 7.40. The molecule has 0 aromatic heterocycles. The van der Waals surface area contributed by atoms with Gasteiger partial charge in [-0.15, -0.1) is 0 Å². The molecule has 10 heteroatoms. The zero-order chi connectivity index (χ0) is 37.0. The van der Waals surface area contributed by atoms with Gasteiger partial charge in [-0.2, -0.15) is 0 Å². The Morgan fingerprint density at radius 3 is 1.45 bits per heavy atom. The zero-order valence-electron chi connectivity index (χ0n) is 30.3. The van der Waals surface area contributed by atoms with Crippen LogP contribution in [0.2, 0.25) is 0 Å². The fourth-order valence-corrected chi connectivity index (χ4v) is 10.5. The zero-order valence-corrected chi connectivity index (χ0v) is 32.0. The lowest BCUT2D eigenvalue weighted by atomic mass is 10.1. The van der Waals surface area contributed by atoms with Gasteiger partial charge < -0.3 is 24.1 Å². The quantitative estimate of drug-likeness (QED) is 0.0473. The molecule has 0 aliphatic rings. The summed E-state index contributed by atoms with van der Waals surface area (Å²) in [6, 6.07) is 37.2. The van der Waals surface area contributed by atoms with Crippen LogP contribution in [0.15, 0.2) is 109 Å². The SMILES string of the molecule is COc1cc(C=CC(=O)NCCCCCCCCCC[P+](c2ccccc2)(c2ccccc2)c2ccccc2)cc(OC)c1OC.CS(=O)(=O)[O-]. The fourth-order valence-electron chi connectivity index (χ4n) is 6.06. The molecule has 0 heterocycles. The minimum absolute atomic E-state index is 0.103. The van der Waals surface area contributed by atoms with Gasteiger partial charge in [-0.05, 0) is 79.4 Å². The van der Waals surface area contributed by atoms with E-state index in [9.17, 15) is 4.79 Å². The number of methoxy groups -OCH3 is 3. The normalized spacial score (nSPS) is 11.4. The molecule has 51 heavy (non-hydrogen) atoms. The molecule has 1 N–H and O–H groups in total. The van der Waals surface area contributed by atoms with Crippen LogP contribution < -0.4 is 35.4 Å². The lowest BCUT2D eigenvalue weighted by Crippen LogP contribution is -2.33. The van der Waals surface area contributed by atoms with E-state index in [2.05, 4.69) is 96.3 Å². The summed E-state index contributed by atoms with van der Waals surface area (Å²) in [6.45, 7) is 0.683. The maximum Gasteiger partial charge on any atom is 0.243 e. The Balaban J connectivity index is 0.00000131. The van der Waals surface area contributed by atoms with Crippen molar-refractivity contribution < 1.29 is 32.0 Å². The molecule has 0 unspecified atom stereocenters. The summed E-state index contributed by atoms with van der Waals surface area (Å²) in [7, 11) is -0.917. The Kier molecular flexibility index (Phi) is 17.7. The van der Waals surface area contributed by atoms with Crippen molar-refractivity contribution in [3.8, 4) is 17.2 Å². The van der Waals surface area contributed by atoms with Crippen molar-refractivity contribution >= 4 is 45.3 Å². The predicted molar refractivity (Wildman–Crippen MR) is 211 cm³/mol. The van der Waals surface area contributed by atoms with Crippen molar-refractivity contribution in [3.63, 3.8) is 0 Å². The number of carbonyl (C=O) groups is 1. The first kappa shape index (κ1) is 41.3. The maximum absolute atomic E-state index is 12.3. The molecule has 274 valence electrons. The molecule has 0 aliphatic heterocycles. The molecule has 4 aromatic carbocycles. The molecule has 0 fully saturated rings. The Hall–Kier alpha value is -4.17. The van der Waals surface area contributed by atoms with E-state index in [-0.39, 0.29) is 5.91 Å². The minimum Gasteiger partial charge on any atom is -0.748 e.